The molecule has 2 aromatic rings. The minimum absolute atomic E-state index is 0.427. The number of hydrogen-bond donors (Lipinski definition) is 1. The molecule has 5 heteroatoms. The molecular formula is C17H22N4O. The number of piperidine rings is 1. The second kappa shape index (κ2) is 6.64. The van der Waals surface area contributed by atoms with Gasteiger partial charge >= 0.3 is 0 Å². The summed E-state index contributed by atoms with van der Waals surface area (Å²) >= 11 is 0. The fraction of sp³-hybridized carbons (Fsp3) is 0.412. The molecule has 1 saturated heterocycles. The van der Waals surface area contributed by atoms with E-state index in [9.17, 15) is 0 Å². The molecule has 2 heterocycles. The number of aromatic nitrogens is 1. The van der Waals surface area contributed by atoms with Gasteiger partial charge in [0.1, 0.15) is 12.2 Å². The van der Waals surface area contributed by atoms with Gasteiger partial charge in [0, 0.05) is 24.7 Å². The molecule has 0 aliphatic carbocycles. The Balaban J connectivity index is 1.64. The number of benzene rings is 1. The van der Waals surface area contributed by atoms with Crippen molar-refractivity contribution in [2.45, 2.75) is 26.3 Å². The zero-order chi connectivity index (χ0) is 15.4. The van der Waals surface area contributed by atoms with Gasteiger partial charge < -0.3 is 15.2 Å². The van der Waals surface area contributed by atoms with Gasteiger partial charge in [-0.3, -0.25) is 0 Å². The van der Waals surface area contributed by atoms with Crippen LogP contribution in [0.25, 0.3) is 11.3 Å². The van der Waals surface area contributed by atoms with Crippen molar-refractivity contribution < 1.29 is 4.52 Å². The third-order valence-corrected chi connectivity index (χ3v) is 4.01. The molecule has 5 nitrogen and oxygen atoms in total. The fourth-order valence-corrected chi connectivity index (χ4v) is 2.79. The van der Waals surface area contributed by atoms with Gasteiger partial charge in [-0.25, -0.2) is 4.99 Å². The van der Waals surface area contributed by atoms with Gasteiger partial charge in [-0.1, -0.05) is 42.4 Å². The van der Waals surface area contributed by atoms with Crippen LogP contribution in [0.4, 0.5) is 0 Å². The van der Waals surface area contributed by atoms with Crippen LogP contribution in [0.15, 0.2) is 45.9 Å². The predicted molar refractivity (Wildman–Crippen MR) is 87.2 cm³/mol. The lowest BCUT2D eigenvalue weighted by Gasteiger charge is -2.31. The van der Waals surface area contributed by atoms with Crippen LogP contribution < -0.4 is 5.73 Å². The minimum atomic E-state index is 0.427. The van der Waals surface area contributed by atoms with E-state index in [1.54, 1.807) is 0 Å². The van der Waals surface area contributed by atoms with Gasteiger partial charge in [0.2, 0.25) is 0 Å². The standard InChI is InChI=1S/C17H22N4O/c1-13-6-5-9-21(12-13)17(18)19-11-15-10-16(20-22-15)14-7-3-2-4-8-14/h2-4,7-8,10,13H,5-6,9,11-12H2,1H3,(H2,18,19). The van der Waals surface area contributed by atoms with E-state index < -0.39 is 0 Å². The summed E-state index contributed by atoms with van der Waals surface area (Å²) < 4.78 is 5.35. The van der Waals surface area contributed by atoms with Crippen LogP contribution >= 0.6 is 0 Å². The molecule has 1 aliphatic rings. The quantitative estimate of drug-likeness (QED) is 0.699. The maximum absolute atomic E-state index is 6.09. The van der Waals surface area contributed by atoms with E-state index in [1.807, 2.05) is 36.4 Å². The first-order valence-electron chi connectivity index (χ1n) is 7.78. The zero-order valence-electron chi connectivity index (χ0n) is 12.9. The molecule has 0 saturated carbocycles. The lowest BCUT2D eigenvalue weighted by Crippen LogP contribution is -2.43. The van der Waals surface area contributed by atoms with Crippen molar-refractivity contribution >= 4 is 5.96 Å². The number of nitrogens with zero attached hydrogens (tertiary/aromatic N) is 3. The zero-order valence-corrected chi connectivity index (χ0v) is 12.9. The highest BCUT2D eigenvalue weighted by Crippen LogP contribution is 2.19. The van der Waals surface area contributed by atoms with Crippen molar-refractivity contribution in [3.8, 4) is 11.3 Å². The predicted octanol–water partition coefficient (Wildman–Crippen LogP) is 2.89. The SMILES string of the molecule is CC1CCCN(C(N)=NCc2cc(-c3ccccc3)no2)C1. The van der Waals surface area contributed by atoms with E-state index in [2.05, 4.69) is 22.0 Å². The molecule has 1 atom stereocenters. The third kappa shape index (κ3) is 3.47. The summed E-state index contributed by atoms with van der Waals surface area (Å²) in [5.41, 5.74) is 7.96. The molecule has 1 aliphatic heterocycles. The van der Waals surface area contributed by atoms with E-state index >= 15 is 0 Å². The van der Waals surface area contributed by atoms with Gasteiger partial charge in [0.25, 0.3) is 0 Å². The highest BCUT2D eigenvalue weighted by Gasteiger charge is 2.17. The smallest absolute Gasteiger partial charge is 0.191 e. The Morgan fingerprint density at radius 3 is 3.00 bits per heavy atom. The summed E-state index contributed by atoms with van der Waals surface area (Å²) in [6.45, 7) is 4.66. The Morgan fingerprint density at radius 2 is 2.23 bits per heavy atom. The van der Waals surface area contributed by atoms with E-state index in [-0.39, 0.29) is 0 Å². The Hall–Kier alpha value is -2.30. The first kappa shape index (κ1) is 14.6. The number of nitrogens with two attached hydrogens (primary N) is 1. The minimum Gasteiger partial charge on any atom is -0.370 e. The highest BCUT2D eigenvalue weighted by molar-refractivity contribution is 5.78. The normalized spacial score (nSPS) is 19.4. The first-order chi connectivity index (χ1) is 10.7. The maximum atomic E-state index is 6.09. The molecule has 1 unspecified atom stereocenters. The molecule has 3 rings (SSSR count). The maximum Gasteiger partial charge on any atom is 0.191 e. The van der Waals surface area contributed by atoms with Crippen LogP contribution in [-0.2, 0) is 6.54 Å². The molecule has 2 N–H and O–H groups in total. The molecule has 0 bridgehead atoms. The fourth-order valence-electron chi connectivity index (χ4n) is 2.79. The Bertz CT molecular complexity index is 635. The molecule has 0 radical (unpaired) electrons. The summed E-state index contributed by atoms with van der Waals surface area (Å²) in [7, 11) is 0. The van der Waals surface area contributed by atoms with Crippen LogP contribution in [0.5, 0.6) is 0 Å². The van der Waals surface area contributed by atoms with Crippen LogP contribution in [-0.4, -0.2) is 29.1 Å². The van der Waals surface area contributed by atoms with Gasteiger partial charge in [0.05, 0.1) is 0 Å². The van der Waals surface area contributed by atoms with Crippen LogP contribution in [0.1, 0.15) is 25.5 Å². The number of likely N-dealkylation sites (tertiary alicyclic amines) is 1. The van der Waals surface area contributed by atoms with Gasteiger partial charge in [-0.2, -0.15) is 0 Å². The summed E-state index contributed by atoms with van der Waals surface area (Å²) in [4.78, 5) is 6.60. The summed E-state index contributed by atoms with van der Waals surface area (Å²) in [6, 6.07) is 11.9. The second-order valence-corrected chi connectivity index (χ2v) is 5.91. The molecule has 0 amide bonds. The van der Waals surface area contributed by atoms with Crippen molar-refractivity contribution in [1.29, 1.82) is 0 Å². The molecule has 116 valence electrons. The number of rotatable bonds is 3. The van der Waals surface area contributed by atoms with Gasteiger partial charge in [-0.05, 0) is 18.8 Å². The second-order valence-electron chi connectivity index (χ2n) is 5.91. The van der Waals surface area contributed by atoms with E-state index in [0.717, 1.165) is 30.1 Å². The highest BCUT2D eigenvalue weighted by atomic mass is 16.5. The average molecular weight is 298 g/mol. The summed E-state index contributed by atoms with van der Waals surface area (Å²) in [5.74, 6) is 2.01. The number of aliphatic imine (C=N–C) groups is 1. The Morgan fingerprint density at radius 1 is 1.41 bits per heavy atom. The van der Waals surface area contributed by atoms with Crippen molar-refractivity contribution in [3.05, 3.63) is 42.2 Å². The molecule has 1 aromatic heterocycles. The lowest BCUT2D eigenvalue weighted by molar-refractivity contribution is 0.270. The van der Waals surface area contributed by atoms with Crippen molar-refractivity contribution in [1.82, 2.24) is 10.1 Å². The van der Waals surface area contributed by atoms with Crippen molar-refractivity contribution in [3.63, 3.8) is 0 Å². The largest absolute Gasteiger partial charge is 0.370 e. The van der Waals surface area contributed by atoms with Crippen LogP contribution in [0.2, 0.25) is 0 Å². The average Bonchev–Trinajstić information content (AvgIpc) is 3.02. The van der Waals surface area contributed by atoms with E-state index in [4.69, 9.17) is 10.3 Å². The topological polar surface area (TPSA) is 67.7 Å². The first-order valence-corrected chi connectivity index (χ1v) is 7.78. The number of hydrogen-bond acceptors (Lipinski definition) is 3. The van der Waals surface area contributed by atoms with Gasteiger partial charge in [-0.15, -0.1) is 0 Å². The number of guanidine groups is 1. The summed E-state index contributed by atoms with van der Waals surface area (Å²) in [5, 5.41) is 4.09. The third-order valence-electron chi connectivity index (χ3n) is 4.01. The van der Waals surface area contributed by atoms with Gasteiger partial charge in [0.15, 0.2) is 11.7 Å². The van der Waals surface area contributed by atoms with Crippen molar-refractivity contribution in [2.24, 2.45) is 16.6 Å². The molecule has 1 aromatic carbocycles. The van der Waals surface area contributed by atoms with Crippen LogP contribution in [0, 0.1) is 5.92 Å². The van der Waals surface area contributed by atoms with Crippen molar-refractivity contribution in [2.75, 3.05) is 13.1 Å². The molecule has 22 heavy (non-hydrogen) atoms. The monoisotopic (exact) mass is 298 g/mol. The van der Waals surface area contributed by atoms with E-state index in [0.29, 0.717) is 18.4 Å². The lowest BCUT2D eigenvalue weighted by atomic mass is 10.0. The Kier molecular flexibility index (Phi) is 4.42. The van der Waals surface area contributed by atoms with Crippen LogP contribution in [0.3, 0.4) is 0 Å². The molecule has 0 spiro atoms. The summed E-state index contributed by atoms with van der Waals surface area (Å²) in [6.07, 6.45) is 2.45. The van der Waals surface area contributed by atoms with E-state index in [1.165, 1.54) is 12.8 Å². The molecular weight excluding hydrogens is 276 g/mol. The molecule has 1 fully saturated rings. The Labute approximate surface area is 130 Å².